The van der Waals surface area contributed by atoms with Gasteiger partial charge in [-0.05, 0) is 30.7 Å². The van der Waals surface area contributed by atoms with Gasteiger partial charge in [0.25, 0.3) is 0 Å². The van der Waals surface area contributed by atoms with E-state index in [2.05, 4.69) is 30.4 Å². The van der Waals surface area contributed by atoms with Gasteiger partial charge in [-0.3, -0.25) is 9.69 Å². The van der Waals surface area contributed by atoms with E-state index in [1.165, 1.54) is 16.8 Å². The molecule has 3 aromatic rings. The maximum Gasteiger partial charge on any atom is 0.419 e. The monoisotopic (exact) mass is 516 g/mol. The third-order valence-corrected chi connectivity index (χ3v) is 6.27. The second kappa shape index (κ2) is 11.1. The Morgan fingerprint density at radius 3 is 2.59 bits per heavy atom. The van der Waals surface area contributed by atoms with Gasteiger partial charge < -0.3 is 15.0 Å². The molecule has 10 nitrogen and oxygen atoms in total. The van der Waals surface area contributed by atoms with Crippen molar-refractivity contribution in [1.29, 1.82) is 5.26 Å². The molecule has 1 aliphatic heterocycles. The fourth-order valence-electron chi connectivity index (χ4n) is 4.22. The molecule has 1 saturated heterocycles. The van der Waals surface area contributed by atoms with E-state index in [1.54, 1.807) is 20.2 Å². The number of nitrogens with one attached hydrogen (secondary N) is 1. The Labute approximate surface area is 211 Å². The zero-order valence-electron chi connectivity index (χ0n) is 20.5. The highest BCUT2D eigenvalue weighted by atomic mass is 19.4. The number of fused-ring (bicyclic) bond motifs is 1. The summed E-state index contributed by atoms with van der Waals surface area (Å²) in [6.45, 7) is 4.27. The van der Waals surface area contributed by atoms with E-state index in [0.29, 0.717) is 25.0 Å². The molecule has 0 unspecified atom stereocenters. The standard InChI is InChI=1S/C24H27F3N8O2/c1-29-22(36)15-35-9-7-34(8-10-35)6-3-11-37-21-5-4-16(12-17(21)24(25,26)27)18-13-20-23(19(14-28)30-18)31-32-33(20)2/h4-5,12-13H,3,6-11,15H2,1-2H3,(H,29,36). The van der Waals surface area contributed by atoms with Gasteiger partial charge in [-0.1, -0.05) is 5.21 Å². The van der Waals surface area contributed by atoms with Gasteiger partial charge in [-0.25, -0.2) is 9.67 Å². The number of pyridine rings is 1. The highest BCUT2D eigenvalue weighted by molar-refractivity contribution is 5.83. The molecule has 1 amide bonds. The van der Waals surface area contributed by atoms with Crippen LogP contribution >= 0.6 is 0 Å². The van der Waals surface area contributed by atoms with Crippen LogP contribution in [-0.4, -0.2) is 88.6 Å². The quantitative estimate of drug-likeness (QED) is 0.453. The molecule has 4 rings (SSSR count). The molecular weight excluding hydrogens is 489 g/mol. The minimum Gasteiger partial charge on any atom is -0.493 e. The SMILES string of the molecule is CNC(=O)CN1CCN(CCCOc2ccc(-c3cc4c(nnn4C)c(C#N)n3)cc2C(F)(F)F)CC1. The Kier molecular flexibility index (Phi) is 7.89. The topological polar surface area (TPSA) is 112 Å². The maximum atomic E-state index is 13.9. The molecule has 1 aliphatic rings. The van der Waals surface area contributed by atoms with Gasteiger partial charge in [0, 0.05) is 52.4 Å². The second-order valence-corrected chi connectivity index (χ2v) is 8.75. The summed E-state index contributed by atoms with van der Waals surface area (Å²) < 4.78 is 48.7. The van der Waals surface area contributed by atoms with Gasteiger partial charge >= 0.3 is 6.18 Å². The van der Waals surface area contributed by atoms with Crippen molar-refractivity contribution in [3.63, 3.8) is 0 Å². The zero-order valence-corrected chi connectivity index (χ0v) is 20.5. The van der Waals surface area contributed by atoms with Crippen molar-refractivity contribution in [3.8, 4) is 23.1 Å². The summed E-state index contributed by atoms with van der Waals surface area (Å²) in [5, 5.41) is 19.8. The van der Waals surface area contributed by atoms with Crippen LogP contribution in [0.3, 0.4) is 0 Å². The van der Waals surface area contributed by atoms with E-state index in [9.17, 15) is 23.2 Å². The van der Waals surface area contributed by atoms with Crippen molar-refractivity contribution in [1.82, 2.24) is 35.1 Å². The number of carbonyl (C=O) groups excluding carboxylic acids is 1. The van der Waals surface area contributed by atoms with Crippen molar-refractivity contribution in [3.05, 3.63) is 35.5 Å². The molecule has 2 aromatic heterocycles. The second-order valence-electron chi connectivity index (χ2n) is 8.75. The van der Waals surface area contributed by atoms with Gasteiger partial charge in [-0.2, -0.15) is 18.4 Å². The fourth-order valence-corrected chi connectivity index (χ4v) is 4.22. The lowest BCUT2D eigenvalue weighted by Crippen LogP contribution is -2.49. The number of aryl methyl sites for hydroxylation is 1. The summed E-state index contributed by atoms with van der Waals surface area (Å²) in [5.74, 6) is -0.278. The third kappa shape index (κ3) is 6.15. The molecule has 196 valence electrons. The maximum absolute atomic E-state index is 13.9. The highest BCUT2D eigenvalue weighted by Gasteiger charge is 2.35. The van der Waals surface area contributed by atoms with E-state index in [1.807, 2.05) is 6.07 Å². The summed E-state index contributed by atoms with van der Waals surface area (Å²) in [6, 6.07) is 7.25. The predicted octanol–water partition coefficient (Wildman–Crippen LogP) is 2.05. The van der Waals surface area contributed by atoms with E-state index >= 15 is 0 Å². The first-order valence-electron chi connectivity index (χ1n) is 11.8. The average molecular weight is 517 g/mol. The molecule has 0 bridgehead atoms. The van der Waals surface area contributed by atoms with Crippen molar-refractivity contribution in [2.24, 2.45) is 7.05 Å². The molecule has 0 spiro atoms. The summed E-state index contributed by atoms with van der Waals surface area (Å²) in [6.07, 6.45) is -4.07. The molecule has 1 N–H and O–H groups in total. The molecule has 3 heterocycles. The number of piperazine rings is 1. The number of hydrogen-bond donors (Lipinski definition) is 1. The number of halogens is 3. The molecule has 1 aromatic carbocycles. The number of likely N-dealkylation sites (N-methyl/N-ethyl adjacent to an activating group) is 1. The van der Waals surface area contributed by atoms with Crippen LogP contribution in [0.25, 0.3) is 22.3 Å². The average Bonchev–Trinajstić information content (AvgIpc) is 3.27. The lowest BCUT2D eigenvalue weighted by atomic mass is 10.1. The van der Waals surface area contributed by atoms with Gasteiger partial charge in [0.15, 0.2) is 5.69 Å². The Balaban J connectivity index is 1.41. The molecule has 0 atom stereocenters. The first-order valence-corrected chi connectivity index (χ1v) is 11.8. The smallest absolute Gasteiger partial charge is 0.419 e. The van der Waals surface area contributed by atoms with Crippen molar-refractivity contribution >= 4 is 16.9 Å². The third-order valence-electron chi connectivity index (χ3n) is 6.27. The Morgan fingerprint density at radius 2 is 1.92 bits per heavy atom. The number of nitrogens with zero attached hydrogens (tertiary/aromatic N) is 7. The summed E-state index contributed by atoms with van der Waals surface area (Å²) in [4.78, 5) is 20.0. The largest absolute Gasteiger partial charge is 0.493 e. The van der Waals surface area contributed by atoms with E-state index < -0.39 is 11.7 Å². The predicted molar refractivity (Wildman–Crippen MR) is 129 cm³/mol. The minimum absolute atomic E-state index is 0.0102. The van der Waals surface area contributed by atoms with E-state index in [4.69, 9.17) is 4.74 Å². The van der Waals surface area contributed by atoms with Crippen LogP contribution in [0, 0.1) is 11.3 Å². The van der Waals surface area contributed by atoms with Gasteiger partial charge in [0.1, 0.15) is 17.3 Å². The van der Waals surface area contributed by atoms with Crippen LogP contribution in [0.5, 0.6) is 5.75 Å². The van der Waals surface area contributed by atoms with Crippen LogP contribution in [-0.2, 0) is 18.0 Å². The summed E-state index contributed by atoms with van der Waals surface area (Å²) in [7, 11) is 3.24. The van der Waals surface area contributed by atoms with Crippen LogP contribution in [0.2, 0.25) is 0 Å². The summed E-state index contributed by atoms with van der Waals surface area (Å²) in [5.41, 5.74) is 0.277. The number of nitriles is 1. The Hall–Kier alpha value is -3.76. The number of amides is 1. The summed E-state index contributed by atoms with van der Waals surface area (Å²) >= 11 is 0. The van der Waals surface area contributed by atoms with Gasteiger partial charge in [0.05, 0.1) is 29.9 Å². The van der Waals surface area contributed by atoms with Crippen LogP contribution in [0.15, 0.2) is 24.3 Å². The number of carbonyl (C=O) groups is 1. The molecule has 37 heavy (non-hydrogen) atoms. The number of aromatic nitrogens is 4. The number of hydrogen-bond acceptors (Lipinski definition) is 8. The van der Waals surface area contributed by atoms with Crippen LogP contribution in [0.4, 0.5) is 13.2 Å². The van der Waals surface area contributed by atoms with Crippen molar-refractivity contribution < 1.29 is 22.7 Å². The fraction of sp³-hybridized carbons (Fsp3) is 0.458. The van der Waals surface area contributed by atoms with Crippen molar-refractivity contribution in [2.45, 2.75) is 12.6 Å². The van der Waals surface area contributed by atoms with Gasteiger partial charge in [-0.15, -0.1) is 5.10 Å². The minimum atomic E-state index is -4.64. The van der Waals surface area contributed by atoms with Crippen LogP contribution < -0.4 is 10.1 Å². The molecule has 0 aliphatic carbocycles. The van der Waals surface area contributed by atoms with Crippen LogP contribution in [0.1, 0.15) is 17.7 Å². The van der Waals surface area contributed by atoms with E-state index in [0.717, 1.165) is 32.2 Å². The normalized spacial score (nSPS) is 15.0. The molecule has 0 saturated carbocycles. The Bertz CT molecular complexity index is 1310. The Morgan fingerprint density at radius 1 is 1.19 bits per heavy atom. The highest BCUT2D eigenvalue weighted by Crippen LogP contribution is 2.39. The first kappa shape index (κ1) is 26.3. The lowest BCUT2D eigenvalue weighted by molar-refractivity contribution is -0.139. The molecule has 0 radical (unpaired) electrons. The number of alkyl halides is 3. The van der Waals surface area contributed by atoms with Crippen molar-refractivity contribution in [2.75, 3.05) is 52.9 Å². The first-order chi connectivity index (χ1) is 17.7. The molecule has 13 heteroatoms. The van der Waals surface area contributed by atoms with Gasteiger partial charge in [0.2, 0.25) is 5.91 Å². The number of ether oxygens (including phenoxy) is 1. The zero-order chi connectivity index (χ0) is 26.6. The number of rotatable bonds is 8. The molecule has 1 fully saturated rings. The van der Waals surface area contributed by atoms with E-state index in [-0.39, 0.29) is 40.7 Å². The number of benzene rings is 1. The lowest BCUT2D eigenvalue weighted by Gasteiger charge is -2.34. The molecular formula is C24H27F3N8O2.